The van der Waals surface area contributed by atoms with Crippen LogP contribution < -0.4 is 0 Å². The van der Waals surface area contributed by atoms with Gasteiger partial charge in [0, 0.05) is 22.4 Å². The SMILES string of the molecule is c1cc(-c2cccc3ccccc23)cc(-c2c3ccccc3c(-c3ccc4oc5cc6cccnc6cc5c4c3)c3ccccc23)c1. The highest BCUT2D eigenvalue weighted by Gasteiger charge is 2.18. The molecule has 0 atom stereocenters. The van der Waals surface area contributed by atoms with Crippen LogP contribution in [0, 0.1) is 0 Å². The lowest BCUT2D eigenvalue weighted by molar-refractivity contribution is 0.669. The van der Waals surface area contributed by atoms with Gasteiger partial charge in [-0.3, -0.25) is 4.98 Å². The third-order valence-corrected chi connectivity index (χ3v) is 9.67. The van der Waals surface area contributed by atoms with Crippen molar-refractivity contribution in [2.45, 2.75) is 0 Å². The van der Waals surface area contributed by atoms with Gasteiger partial charge in [0.1, 0.15) is 11.2 Å². The van der Waals surface area contributed by atoms with Crippen LogP contribution in [-0.2, 0) is 0 Å². The first kappa shape index (κ1) is 26.0. The summed E-state index contributed by atoms with van der Waals surface area (Å²) in [5.74, 6) is 0. The molecule has 0 aliphatic rings. The lowest BCUT2D eigenvalue weighted by atomic mass is 9.85. The van der Waals surface area contributed by atoms with Gasteiger partial charge < -0.3 is 4.42 Å². The minimum absolute atomic E-state index is 0.883. The maximum Gasteiger partial charge on any atom is 0.136 e. The van der Waals surface area contributed by atoms with E-state index in [9.17, 15) is 0 Å². The second kappa shape index (κ2) is 10.1. The molecule has 0 amide bonds. The second-order valence-corrected chi connectivity index (χ2v) is 12.3. The molecule has 2 nitrogen and oxygen atoms in total. The third kappa shape index (κ3) is 4.02. The molecule has 2 aromatic heterocycles. The number of pyridine rings is 1. The summed E-state index contributed by atoms with van der Waals surface area (Å²) in [6.45, 7) is 0. The number of benzene rings is 8. The van der Waals surface area contributed by atoms with Crippen molar-refractivity contribution in [2.75, 3.05) is 0 Å². The zero-order valence-corrected chi connectivity index (χ0v) is 25.4. The molecular formula is C45H27NO. The van der Waals surface area contributed by atoms with Crippen LogP contribution in [0.4, 0.5) is 0 Å². The van der Waals surface area contributed by atoms with Crippen LogP contribution in [-0.4, -0.2) is 4.98 Å². The van der Waals surface area contributed by atoms with Gasteiger partial charge >= 0.3 is 0 Å². The molecule has 0 radical (unpaired) electrons. The lowest BCUT2D eigenvalue weighted by Crippen LogP contribution is -1.91. The van der Waals surface area contributed by atoms with E-state index in [2.05, 4.69) is 157 Å². The second-order valence-electron chi connectivity index (χ2n) is 12.3. The van der Waals surface area contributed by atoms with Crippen LogP contribution in [0.3, 0.4) is 0 Å². The first-order chi connectivity index (χ1) is 23.3. The minimum Gasteiger partial charge on any atom is -0.456 e. The highest BCUT2D eigenvalue weighted by molar-refractivity contribution is 6.22. The fraction of sp³-hybridized carbons (Fsp3) is 0. The predicted octanol–water partition coefficient (Wildman–Crippen LogP) is 12.6. The van der Waals surface area contributed by atoms with Gasteiger partial charge in [0.15, 0.2) is 0 Å². The van der Waals surface area contributed by atoms with Crippen molar-refractivity contribution in [3.8, 4) is 33.4 Å². The van der Waals surface area contributed by atoms with E-state index in [1.807, 2.05) is 12.3 Å². The number of nitrogens with zero attached hydrogens (tertiary/aromatic N) is 1. The number of rotatable bonds is 3. The van der Waals surface area contributed by atoms with Gasteiger partial charge in [-0.25, -0.2) is 0 Å². The van der Waals surface area contributed by atoms with Crippen LogP contribution in [0.15, 0.2) is 168 Å². The quantitative estimate of drug-likeness (QED) is 0.189. The first-order valence-corrected chi connectivity index (χ1v) is 16.0. The molecule has 0 N–H and O–H groups in total. The molecule has 0 bridgehead atoms. The van der Waals surface area contributed by atoms with Gasteiger partial charge in [-0.05, 0) is 102 Å². The molecule has 0 saturated carbocycles. The first-order valence-electron chi connectivity index (χ1n) is 16.0. The molecule has 2 heterocycles. The van der Waals surface area contributed by atoms with Crippen molar-refractivity contribution in [1.82, 2.24) is 4.98 Å². The summed E-state index contributed by atoms with van der Waals surface area (Å²) in [6.07, 6.45) is 1.85. The maximum atomic E-state index is 6.35. The summed E-state index contributed by atoms with van der Waals surface area (Å²) in [4.78, 5) is 4.62. The fourth-order valence-corrected chi connectivity index (χ4v) is 7.57. The van der Waals surface area contributed by atoms with Crippen LogP contribution in [0.5, 0.6) is 0 Å². The Labute approximate surface area is 271 Å². The number of aromatic nitrogens is 1. The normalized spacial score (nSPS) is 11.8. The van der Waals surface area contributed by atoms with Crippen molar-refractivity contribution in [3.05, 3.63) is 164 Å². The molecule has 0 aliphatic heterocycles. The van der Waals surface area contributed by atoms with E-state index in [1.54, 1.807) is 0 Å². The zero-order chi connectivity index (χ0) is 30.9. The molecular weight excluding hydrogens is 571 g/mol. The highest BCUT2D eigenvalue weighted by atomic mass is 16.3. The molecule has 0 fully saturated rings. The van der Waals surface area contributed by atoms with E-state index in [0.717, 1.165) is 32.8 Å². The van der Waals surface area contributed by atoms with Crippen LogP contribution >= 0.6 is 0 Å². The molecule has 218 valence electrons. The molecule has 10 rings (SSSR count). The summed E-state index contributed by atoms with van der Waals surface area (Å²) in [6, 6.07) is 56.9. The van der Waals surface area contributed by atoms with E-state index < -0.39 is 0 Å². The summed E-state index contributed by atoms with van der Waals surface area (Å²) >= 11 is 0. The smallest absolute Gasteiger partial charge is 0.136 e. The maximum absolute atomic E-state index is 6.35. The third-order valence-electron chi connectivity index (χ3n) is 9.67. The van der Waals surface area contributed by atoms with Crippen molar-refractivity contribution < 1.29 is 4.42 Å². The lowest BCUT2D eigenvalue weighted by Gasteiger charge is -2.18. The topological polar surface area (TPSA) is 26.0 Å². The molecule has 0 aliphatic carbocycles. The summed E-state index contributed by atoms with van der Waals surface area (Å²) in [5.41, 5.74) is 10.1. The number of fused-ring (bicyclic) bond motifs is 7. The van der Waals surface area contributed by atoms with Crippen molar-refractivity contribution in [1.29, 1.82) is 0 Å². The van der Waals surface area contributed by atoms with Gasteiger partial charge in [-0.1, -0.05) is 121 Å². The highest BCUT2D eigenvalue weighted by Crippen LogP contribution is 2.45. The van der Waals surface area contributed by atoms with Crippen LogP contribution in [0.1, 0.15) is 0 Å². The molecule has 0 spiro atoms. The zero-order valence-electron chi connectivity index (χ0n) is 25.4. The fourth-order valence-electron chi connectivity index (χ4n) is 7.57. The minimum atomic E-state index is 0.883. The van der Waals surface area contributed by atoms with Gasteiger partial charge in [-0.2, -0.15) is 0 Å². The van der Waals surface area contributed by atoms with Gasteiger partial charge in [0.2, 0.25) is 0 Å². The molecule has 0 saturated heterocycles. The average molecular weight is 598 g/mol. The van der Waals surface area contributed by atoms with Crippen LogP contribution in [0.25, 0.3) is 98.5 Å². The monoisotopic (exact) mass is 597 g/mol. The average Bonchev–Trinajstić information content (AvgIpc) is 3.49. The van der Waals surface area contributed by atoms with E-state index in [-0.39, 0.29) is 0 Å². The van der Waals surface area contributed by atoms with Crippen LogP contribution in [0.2, 0.25) is 0 Å². The Kier molecular flexibility index (Phi) is 5.61. The van der Waals surface area contributed by atoms with E-state index in [4.69, 9.17) is 4.42 Å². The molecule has 0 unspecified atom stereocenters. The molecule has 47 heavy (non-hydrogen) atoms. The van der Waals surface area contributed by atoms with Gasteiger partial charge in [0.25, 0.3) is 0 Å². The van der Waals surface area contributed by atoms with E-state index in [0.29, 0.717) is 0 Å². The summed E-state index contributed by atoms with van der Waals surface area (Å²) < 4.78 is 6.35. The largest absolute Gasteiger partial charge is 0.456 e. The Morgan fingerprint density at radius 3 is 1.72 bits per heavy atom. The predicted molar refractivity (Wildman–Crippen MR) is 198 cm³/mol. The van der Waals surface area contributed by atoms with Crippen molar-refractivity contribution in [3.63, 3.8) is 0 Å². The number of hydrogen-bond acceptors (Lipinski definition) is 2. The standard InChI is InChI=1S/C45H27NO/c1-2-15-33-28(10-1)11-8-20-34(33)29-12-7-13-31(24-29)44-35-16-3-5-18-37(35)45(38-19-6-4-17-36(38)44)32-21-22-42-39(25-32)40-27-41-30(14-9-23-46-41)26-43(40)47-42/h1-27H. The Morgan fingerprint density at radius 1 is 0.362 bits per heavy atom. The summed E-state index contributed by atoms with van der Waals surface area (Å²) in [5, 5.41) is 10.7. The van der Waals surface area contributed by atoms with E-state index in [1.165, 1.54) is 65.7 Å². The van der Waals surface area contributed by atoms with Crippen molar-refractivity contribution in [2.24, 2.45) is 0 Å². The van der Waals surface area contributed by atoms with Gasteiger partial charge in [0.05, 0.1) is 5.52 Å². The Hall–Kier alpha value is -6.25. The molecule has 10 aromatic rings. The van der Waals surface area contributed by atoms with Gasteiger partial charge in [-0.15, -0.1) is 0 Å². The number of furan rings is 1. The summed E-state index contributed by atoms with van der Waals surface area (Å²) in [7, 11) is 0. The molecule has 2 heteroatoms. The number of hydrogen-bond donors (Lipinski definition) is 0. The van der Waals surface area contributed by atoms with E-state index >= 15 is 0 Å². The Bertz CT molecular complexity index is 2800. The Morgan fingerprint density at radius 2 is 0.957 bits per heavy atom. The van der Waals surface area contributed by atoms with Crippen molar-refractivity contribution >= 4 is 65.2 Å². The molecule has 8 aromatic carbocycles. The Balaban J connectivity index is 1.23.